The second-order valence-electron chi connectivity index (χ2n) is 7.12. The molecule has 20 heavy (non-hydrogen) atoms. The zero-order valence-electron chi connectivity index (χ0n) is 12.9. The number of hydrogen-bond acceptors (Lipinski definition) is 2. The van der Waals surface area contributed by atoms with Crippen LogP contribution in [0.15, 0.2) is 0 Å². The van der Waals surface area contributed by atoms with Crippen molar-refractivity contribution >= 4 is 5.91 Å². The van der Waals surface area contributed by atoms with E-state index in [2.05, 4.69) is 10.2 Å². The van der Waals surface area contributed by atoms with E-state index in [0.29, 0.717) is 24.0 Å². The summed E-state index contributed by atoms with van der Waals surface area (Å²) in [4.78, 5) is 14.9. The number of nitrogens with zero attached hydrogens (tertiary/aromatic N) is 1. The lowest BCUT2D eigenvalue weighted by Gasteiger charge is -2.36. The van der Waals surface area contributed by atoms with Crippen molar-refractivity contribution in [1.29, 1.82) is 0 Å². The first-order valence-corrected chi connectivity index (χ1v) is 8.85. The van der Waals surface area contributed by atoms with Crippen LogP contribution in [0.1, 0.15) is 77.6 Å². The largest absolute Gasteiger partial charge is 0.323 e. The van der Waals surface area contributed by atoms with E-state index in [4.69, 9.17) is 0 Å². The van der Waals surface area contributed by atoms with Crippen molar-refractivity contribution < 1.29 is 4.79 Å². The molecule has 1 heterocycles. The predicted octanol–water partition coefficient (Wildman–Crippen LogP) is 3.44. The number of rotatable bonds is 2. The van der Waals surface area contributed by atoms with E-state index in [1.54, 1.807) is 0 Å². The zero-order chi connectivity index (χ0) is 13.9. The maximum absolute atomic E-state index is 12.6. The van der Waals surface area contributed by atoms with Gasteiger partial charge in [-0.2, -0.15) is 0 Å². The second kappa shape index (κ2) is 6.46. The van der Waals surface area contributed by atoms with Gasteiger partial charge >= 0.3 is 0 Å². The van der Waals surface area contributed by atoms with E-state index in [-0.39, 0.29) is 6.04 Å². The van der Waals surface area contributed by atoms with Crippen LogP contribution in [0.5, 0.6) is 0 Å². The highest BCUT2D eigenvalue weighted by molar-refractivity contribution is 5.84. The molecule has 1 aliphatic heterocycles. The van der Waals surface area contributed by atoms with Gasteiger partial charge in [0.05, 0.1) is 12.2 Å². The summed E-state index contributed by atoms with van der Waals surface area (Å²) in [6.45, 7) is 2.05. The minimum Gasteiger partial charge on any atom is -0.323 e. The summed E-state index contributed by atoms with van der Waals surface area (Å²) in [5.41, 5.74) is 0. The summed E-state index contributed by atoms with van der Waals surface area (Å²) in [5, 5.41) is 3.61. The fraction of sp³-hybridized carbons (Fsp3) is 0.941. The third-order valence-electron chi connectivity index (χ3n) is 5.66. The molecule has 2 aliphatic carbocycles. The lowest BCUT2D eigenvalue weighted by Crippen LogP contribution is -2.48. The summed E-state index contributed by atoms with van der Waals surface area (Å²) in [5.74, 6) is 1.07. The van der Waals surface area contributed by atoms with Crippen molar-refractivity contribution in [3.05, 3.63) is 0 Å². The van der Waals surface area contributed by atoms with Crippen LogP contribution in [0.2, 0.25) is 0 Å². The van der Waals surface area contributed by atoms with Gasteiger partial charge in [-0.1, -0.05) is 44.9 Å². The number of amides is 1. The molecule has 2 unspecified atom stereocenters. The Kier molecular flexibility index (Phi) is 4.65. The molecule has 3 rings (SSSR count). The molecule has 0 aromatic rings. The first-order chi connectivity index (χ1) is 9.77. The van der Waals surface area contributed by atoms with Crippen molar-refractivity contribution in [2.24, 2.45) is 5.92 Å². The second-order valence-corrected chi connectivity index (χ2v) is 7.12. The van der Waals surface area contributed by atoms with Gasteiger partial charge in [0.1, 0.15) is 0 Å². The lowest BCUT2D eigenvalue weighted by molar-refractivity contribution is -0.133. The minimum absolute atomic E-state index is 0.0334. The van der Waals surface area contributed by atoms with E-state index in [1.165, 1.54) is 70.6 Å². The third-order valence-corrected chi connectivity index (χ3v) is 5.66. The van der Waals surface area contributed by atoms with Gasteiger partial charge in [0, 0.05) is 6.04 Å². The van der Waals surface area contributed by atoms with Crippen molar-refractivity contribution in [3.63, 3.8) is 0 Å². The van der Waals surface area contributed by atoms with E-state index in [9.17, 15) is 4.79 Å². The molecule has 1 saturated heterocycles. The SMILES string of the molecule is CC1NC(C2CCCC2)N(C2CCCCCCC2)C1=O. The first-order valence-electron chi connectivity index (χ1n) is 8.85. The topological polar surface area (TPSA) is 32.3 Å². The summed E-state index contributed by atoms with van der Waals surface area (Å²) < 4.78 is 0. The monoisotopic (exact) mass is 278 g/mol. The molecule has 0 aromatic carbocycles. The molecule has 0 aromatic heterocycles. The molecule has 3 nitrogen and oxygen atoms in total. The Balaban J connectivity index is 1.73. The molecule has 3 heteroatoms. The first kappa shape index (κ1) is 14.4. The van der Waals surface area contributed by atoms with Crippen LogP contribution in [0.25, 0.3) is 0 Å². The molecule has 114 valence electrons. The van der Waals surface area contributed by atoms with E-state index < -0.39 is 0 Å². The van der Waals surface area contributed by atoms with Crippen LogP contribution in [-0.4, -0.2) is 29.1 Å². The number of carbonyl (C=O) groups excluding carboxylic acids is 1. The molecular formula is C17H30N2O. The van der Waals surface area contributed by atoms with Crippen LogP contribution >= 0.6 is 0 Å². The third kappa shape index (κ3) is 2.88. The molecule has 2 atom stereocenters. The summed E-state index contributed by atoms with van der Waals surface area (Å²) in [6.07, 6.45) is 14.8. The van der Waals surface area contributed by atoms with Crippen LogP contribution in [0.3, 0.4) is 0 Å². The molecule has 1 N–H and O–H groups in total. The Labute approximate surface area is 123 Å². The van der Waals surface area contributed by atoms with Gasteiger partial charge in [-0.15, -0.1) is 0 Å². The highest BCUT2D eigenvalue weighted by Gasteiger charge is 2.44. The lowest BCUT2D eigenvalue weighted by atomic mass is 9.93. The minimum atomic E-state index is 0.0334. The van der Waals surface area contributed by atoms with E-state index >= 15 is 0 Å². The normalized spacial score (nSPS) is 34.5. The van der Waals surface area contributed by atoms with Gasteiger partial charge in [-0.25, -0.2) is 0 Å². The molecule has 0 bridgehead atoms. The molecule has 0 radical (unpaired) electrons. The van der Waals surface area contributed by atoms with Crippen LogP contribution in [0.4, 0.5) is 0 Å². The maximum atomic E-state index is 12.6. The molecular weight excluding hydrogens is 248 g/mol. The van der Waals surface area contributed by atoms with Gasteiger partial charge < -0.3 is 4.90 Å². The zero-order valence-corrected chi connectivity index (χ0v) is 12.9. The predicted molar refractivity (Wildman–Crippen MR) is 81.3 cm³/mol. The number of hydrogen-bond donors (Lipinski definition) is 1. The Morgan fingerprint density at radius 3 is 2.10 bits per heavy atom. The van der Waals surface area contributed by atoms with Crippen LogP contribution in [0, 0.1) is 5.92 Å². The Hall–Kier alpha value is -0.570. The molecule has 0 spiro atoms. The average molecular weight is 278 g/mol. The summed E-state index contributed by atoms with van der Waals surface area (Å²) in [6, 6.07) is 0.539. The quantitative estimate of drug-likeness (QED) is 0.839. The molecule has 1 amide bonds. The molecule has 2 saturated carbocycles. The Bertz CT molecular complexity index is 330. The van der Waals surface area contributed by atoms with Gasteiger partial charge in [-0.3, -0.25) is 10.1 Å². The van der Waals surface area contributed by atoms with Crippen molar-refractivity contribution in [1.82, 2.24) is 10.2 Å². The number of carbonyl (C=O) groups is 1. The fourth-order valence-electron chi connectivity index (χ4n) is 4.52. The van der Waals surface area contributed by atoms with Crippen molar-refractivity contribution in [2.75, 3.05) is 0 Å². The van der Waals surface area contributed by atoms with Gasteiger partial charge in [0.15, 0.2) is 0 Å². The molecule has 3 aliphatic rings. The van der Waals surface area contributed by atoms with Gasteiger partial charge in [-0.05, 0) is 38.5 Å². The van der Waals surface area contributed by atoms with Crippen molar-refractivity contribution in [2.45, 2.75) is 95.8 Å². The van der Waals surface area contributed by atoms with E-state index in [0.717, 1.165) is 0 Å². The Morgan fingerprint density at radius 1 is 0.900 bits per heavy atom. The fourth-order valence-corrected chi connectivity index (χ4v) is 4.52. The van der Waals surface area contributed by atoms with Crippen LogP contribution < -0.4 is 5.32 Å². The standard InChI is InChI=1S/C17H30N2O/c1-13-17(20)19(15-11-5-3-2-4-6-12-15)16(18-13)14-9-7-8-10-14/h13-16,18H,2-12H2,1H3. The highest BCUT2D eigenvalue weighted by atomic mass is 16.2. The average Bonchev–Trinajstić information content (AvgIpc) is 3.00. The Morgan fingerprint density at radius 2 is 1.45 bits per heavy atom. The van der Waals surface area contributed by atoms with Gasteiger partial charge in [0.25, 0.3) is 0 Å². The van der Waals surface area contributed by atoms with Crippen LogP contribution in [-0.2, 0) is 4.79 Å². The maximum Gasteiger partial charge on any atom is 0.240 e. The highest BCUT2D eigenvalue weighted by Crippen LogP contribution is 2.35. The smallest absolute Gasteiger partial charge is 0.240 e. The number of nitrogens with one attached hydrogen (secondary N) is 1. The summed E-state index contributed by atoms with van der Waals surface area (Å²) in [7, 11) is 0. The molecule has 3 fully saturated rings. The summed E-state index contributed by atoms with van der Waals surface area (Å²) >= 11 is 0. The van der Waals surface area contributed by atoms with E-state index in [1.807, 2.05) is 6.92 Å². The van der Waals surface area contributed by atoms with Crippen molar-refractivity contribution in [3.8, 4) is 0 Å². The van der Waals surface area contributed by atoms with Gasteiger partial charge in [0.2, 0.25) is 5.91 Å².